The fourth-order valence-electron chi connectivity index (χ4n) is 1.93. The van der Waals surface area contributed by atoms with Gasteiger partial charge in [0.05, 0.1) is 13.0 Å². The van der Waals surface area contributed by atoms with Crippen LogP contribution in [0.15, 0.2) is 29.6 Å². The second kappa shape index (κ2) is 6.49. The Bertz CT molecular complexity index is 622. The van der Waals surface area contributed by atoms with Crippen LogP contribution in [0.2, 0.25) is 0 Å². The Morgan fingerprint density at radius 1 is 1.40 bits per heavy atom. The molecule has 0 aliphatic carbocycles. The van der Waals surface area contributed by atoms with Gasteiger partial charge in [-0.05, 0) is 22.4 Å². The highest BCUT2D eigenvalue weighted by Crippen LogP contribution is 2.25. The Morgan fingerprint density at radius 3 is 2.85 bits per heavy atom. The number of hydrogen-bond donors (Lipinski definition) is 2. The first-order chi connectivity index (χ1) is 9.61. The summed E-state index contributed by atoms with van der Waals surface area (Å²) in [6.07, 6.45) is 0.164. The Morgan fingerprint density at radius 2 is 2.15 bits per heavy atom. The molecule has 0 aliphatic rings. The van der Waals surface area contributed by atoms with Gasteiger partial charge in [-0.2, -0.15) is 0 Å². The van der Waals surface area contributed by atoms with E-state index in [4.69, 9.17) is 9.84 Å². The van der Waals surface area contributed by atoms with Crippen LogP contribution in [0.5, 0.6) is 0 Å². The second-order valence-corrected chi connectivity index (χ2v) is 5.26. The van der Waals surface area contributed by atoms with Crippen LogP contribution < -0.4 is 5.32 Å². The zero-order chi connectivity index (χ0) is 14.5. The maximum atomic E-state index is 11.9. The first kappa shape index (κ1) is 14.5. The number of thiophene rings is 1. The minimum absolute atomic E-state index is 0.0501. The highest BCUT2D eigenvalue weighted by molar-refractivity contribution is 7.17. The summed E-state index contributed by atoms with van der Waals surface area (Å²) in [6.45, 7) is -0.0501. The SMILES string of the molecule is COCC(NC(=O)Cc1csc2ccccc12)C(=O)O. The number of aliphatic carboxylic acids is 1. The van der Waals surface area contributed by atoms with E-state index in [1.165, 1.54) is 7.11 Å². The van der Waals surface area contributed by atoms with Crippen molar-refractivity contribution in [3.8, 4) is 0 Å². The molecule has 0 saturated heterocycles. The summed E-state index contributed by atoms with van der Waals surface area (Å²) in [6, 6.07) is 6.80. The molecule has 20 heavy (non-hydrogen) atoms. The minimum atomic E-state index is -1.10. The van der Waals surface area contributed by atoms with E-state index in [0.29, 0.717) is 0 Å². The molecule has 106 valence electrons. The molecule has 2 N–H and O–H groups in total. The lowest BCUT2D eigenvalue weighted by molar-refractivity contribution is -0.143. The fourth-order valence-corrected chi connectivity index (χ4v) is 2.89. The lowest BCUT2D eigenvalue weighted by atomic mass is 10.1. The molecule has 0 saturated carbocycles. The van der Waals surface area contributed by atoms with Gasteiger partial charge >= 0.3 is 5.97 Å². The molecule has 0 radical (unpaired) electrons. The number of carboxylic acids is 1. The quantitative estimate of drug-likeness (QED) is 0.849. The number of methoxy groups -OCH3 is 1. The van der Waals surface area contributed by atoms with Gasteiger partial charge in [0.15, 0.2) is 6.04 Å². The summed E-state index contributed by atoms with van der Waals surface area (Å²) in [5, 5.41) is 14.4. The standard InChI is InChI=1S/C14H15NO4S/c1-19-7-11(14(17)18)15-13(16)6-9-8-20-12-5-3-2-4-10(9)12/h2-5,8,11H,6-7H2,1H3,(H,15,16)(H,17,18). The number of rotatable bonds is 6. The molecule has 0 bridgehead atoms. The Hall–Kier alpha value is -1.92. The smallest absolute Gasteiger partial charge is 0.328 e. The van der Waals surface area contributed by atoms with Gasteiger partial charge in [-0.1, -0.05) is 18.2 Å². The van der Waals surface area contributed by atoms with Crippen molar-refractivity contribution in [1.29, 1.82) is 0 Å². The van der Waals surface area contributed by atoms with Crippen molar-refractivity contribution < 1.29 is 19.4 Å². The van der Waals surface area contributed by atoms with Crippen molar-refractivity contribution in [2.75, 3.05) is 13.7 Å². The first-order valence-electron chi connectivity index (χ1n) is 6.08. The molecule has 0 spiro atoms. The van der Waals surface area contributed by atoms with Crippen LogP contribution in [-0.4, -0.2) is 36.7 Å². The topological polar surface area (TPSA) is 75.6 Å². The average molecular weight is 293 g/mol. The highest BCUT2D eigenvalue weighted by Gasteiger charge is 2.20. The van der Waals surface area contributed by atoms with Gasteiger partial charge < -0.3 is 15.2 Å². The molecule has 0 fully saturated rings. The molecule has 1 aromatic heterocycles. The maximum Gasteiger partial charge on any atom is 0.328 e. The number of ether oxygens (including phenoxy) is 1. The van der Waals surface area contributed by atoms with Crippen molar-refractivity contribution >= 4 is 33.3 Å². The van der Waals surface area contributed by atoms with Crippen LogP contribution in [0, 0.1) is 0 Å². The zero-order valence-electron chi connectivity index (χ0n) is 11.0. The molecule has 1 unspecified atom stereocenters. The summed E-state index contributed by atoms with van der Waals surface area (Å²) in [5.74, 6) is -1.42. The van der Waals surface area contributed by atoms with E-state index in [2.05, 4.69) is 5.32 Å². The first-order valence-corrected chi connectivity index (χ1v) is 6.96. The van der Waals surface area contributed by atoms with E-state index >= 15 is 0 Å². The molecule has 1 amide bonds. The minimum Gasteiger partial charge on any atom is -0.480 e. The number of hydrogen-bond acceptors (Lipinski definition) is 4. The number of carboxylic acid groups (broad SMARTS) is 1. The predicted molar refractivity (Wildman–Crippen MR) is 77.0 cm³/mol. The van der Waals surface area contributed by atoms with E-state index in [0.717, 1.165) is 15.6 Å². The van der Waals surface area contributed by atoms with Crippen molar-refractivity contribution in [2.24, 2.45) is 0 Å². The molecule has 1 heterocycles. The van der Waals surface area contributed by atoms with Crippen molar-refractivity contribution in [2.45, 2.75) is 12.5 Å². The van der Waals surface area contributed by atoms with E-state index in [1.807, 2.05) is 29.6 Å². The van der Waals surface area contributed by atoms with E-state index in [-0.39, 0.29) is 18.9 Å². The molecule has 2 aromatic rings. The van der Waals surface area contributed by atoms with Crippen molar-refractivity contribution in [3.05, 3.63) is 35.2 Å². The monoisotopic (exact) mass is 293 g/mol. The lowest BCUT2D eigenvalue weighted by Gasteiger charge is -2.13. The number of amides is 1. The maximum absolute atomic E-state index is 11.9. The largest absolute Gasteiger partial charge is 0.480 e. The number of benzene rings is 1. The van der Waals surface area contributed by atoms with E-state index in [1.54, 1.807) is 11.3 Å². The average Bonchev–Trinajstić information content (AvgIpc) is 2.81. The normalized spacial score (nSPS) is 12.2. The van der Waals surface area contributed by atoms with Gasteiger partial charge in [0.1, 0.15) is 0 Å². The van der Waals surface area contributed by atoms with Crippen LogP contribution in [-0.2, 0) is 20.7 Å². The van der Waals surface area contributed by atoms with E-state index in [9.17, 15) is 9.59 Å². The second-order valence-electron chi connectivity index (χ2n) is 4.35. The number of fused-ring (bicyclic) bond motifs is 1. The molecule has 2 rings (SSSR count). The Balaban J connectivity index is 2.06. The Kier molecular flexibility index (Phi) is 4.70. The van der Waals surface area contributed by atoms with Gasteiger partial charge in [-0.3, -0.25) is 4.79 Å². The molecule has 1 aromatic carbocycles. The van der Waals surface area contributed by atoms with E-state index < -0.39 is 12.0 Å². The molecule has 6 heteroatoms. The predicted octanol–water partition coefficient (Wildman–Crippen LogP) is 1.66. The summed E-state index contributed by atoms with van der Waals surface area (Å²) >= 11 is 1.57. The molecular weight excluding hydrogens is 278 g/mol. The van der Waals surface area contributed by atoms with Gasteiger partial charge in [-0.25, -0.2) is 4.79 Å². The van der Waals surface area contributed by atoms with Crippen LogP contribution in [0.3, 0.4) is 0 Å². The third kappa shape index (κ3) is 3.34. The van der Waals surface area contributed by atoms with Gasteiger partial charge in [-0.15, -0.1) is 11.3 Å². The van der Waals surface area contributed by atoms with Crippen LogP contribution in [0.25, 0.3) is 10.1 Å². The lowest BCUT2D eigenvalue weighted by Crippen LogP contribution is -2.44. The molecular formula is C14H15NO4S. The van der Waals surface area contributed by atoms with Gasteiger partial charge in [0.25, 0.3) is 0 Å². The summed E-state index contributed by atoms with van der Waals surface area (Å²) < 4.78 is 5.89. The Labute approximate surface area is 120 Å². The number of carbonyl (C=O) groups excluding carboxylic acids is 1. The van der Waals surface area contributed by atoms with Crippen molar-refractivity contribution in [1.82, 2.24) is 5.32 Å². The van der Waals surface area contributed by atoms with Crippen LogP contribution in [0.1, 0.15) is 5.56 Å². The van der Waals surface area contributed by atoms with Crippen molar-refractivity contribution in [3.63, 3.8) is 0 Å². The van der Waals surface area contributed by atoms with Crippen LogP contribution >= 0.6 is 11.3 Å². The highest BCUT2D eigenvalue weighted by atomic mass is 32.1. The van der Waals surface area contributed by atoms with Gasteiger partial charge in [0, 0.05) is 11.8 Å². The summed E-state index contributed by atoms with van der Waals surface area (Å²) in [7, 11) is 1.40. The fraction of sp³-hybridized carbons (Fsp3) is 0.286. The molecule has 1 atom stereocenters. The summed E-state index contributed by atoms with van der Waals surface area (Å²) in [4.78, 5) is 22.9. The van der Waals surface area contributed by atoms with Gasteiger partial charge in [0.2, 0.25) is 5.91 Å². The number of nitrogens with one attached hydrogen (secondary N) is 1. The third-order valence-corrected chi connectivity index (χ3v) is 3.89. The zero-order valence-corrected chi connectivity index (χ0v) is 11.8. The third-order valence-electron chi connectivity index (χ3n) is 2.88. The number of carbonyl (C=O) groups is 2. The molecule has 0 aliphatic heterocycles. The molecule has 5 nitrogen and oxygen atoms in total. The van der Waals surface area contributed by atoms with Crippen LogP contribution in [0.4, 0.5) is 0 Å². The summed E-state index contributed by atoms with van der Waals surface area (Å²) in [5.41, 5.74) is 0.907.